The maximum atomic E-state index is 12.1. The zero-order valence-electron chi connectivity index (χ0n) is 11.0. The monoisotopic (exact) mass is 304 g/mol. The van der Waals surface area contributed by atoms with E-state index in [1.165, 1.54) is 6.26 Å². The molecule has 1 atom stereocenters. The van der Waals surface area contributed by atoms with Gasteiger partial charge in [-0.1, -0.05) is 11.6 Å². The van der Waals surface area contributed by atoms with Crippen LogP contribution in [0.3, 0.4) is 0 Å². The molecule has 3 rings (SSSR count). The molecule has 3 N–H and O–H groups in total. The molecule has 0 aliphatic heterocycles. The van der Waals surface area contributed by atoms with Gasteiger partial charge in [0.25, 0.3) is 5.91 Å². The normalized spacial score (nSPS) is 12.5. The Labute approximate surface area is 125 Å². The lowest BCUT2D eigenvalue weighted by atomic mass is 10.2. The van der Waals surface area contributed by atoms with Gasteiger partial charge in [-0.3, -0.25) is 4.79 Å². The third-order valence-electron chi connectivity index (χ3n) is 3.15. The Kier molecular flexibility index (Phi) is 3.68. The van der Waals surface area contributed by atoms with E-state index in [-0.39, 0.29) is 12.5 Å². The number of halogens is 1. The lowest BCUT2D eigenvalue weighted by Gasteiger charge is -2.08. The number of hydrogen-bond acceptors (Lipinski definition) is 3. The number of aliphatic hydroxyl groups is 1. The van der Waals surface area contributed by atoms with Gasteiger partial charge in [0, 0.05) is 15.9 Å². The van der Waals surface area contributed by atoms with Gasteiger partial charge in [-0.2, -0.15) is 0 Å². The molecule has 6 heteroatoms. The van der Waals surface area contributed by atoms with E-state index in [0.717, 1.165) is 10.9 Å². The molecular weight excluding hydrogens is 292 g/mol. The number of H-pyrrole nitrogens is 1. The maximum absolute atomic E-state index is 12.1. The fourth-order valence-electron chi connectivity index (χ4n) is 2.09. The first-order valence-corrected chi connectivity index (χ1v) is 6.79. The molecule has 108 valence electrons. The number of hydrogen-bond donors (Lipinski definition) is 3. The van der Waals surface area contributed by atoms with Crippen LogP contribution in [0.4, 0.5) is 0 Å². The number of amides is 1. The highest BCUT2D eigenvalue weighted by Crippen LogP contribution is 2.20. The van der Waals surface area contributed by atoms with E-state index in [2.05, 4.69) is 10.3 Å². The summed E-state index contributed by atoms with van der Waals surface area (Å²) in [6.45, 7) is 0.0719. The van der Waals surface area contributed by atoms with Crippen molar-refractivity contribution < 1.29 is 14.3 Å². The molecule has 0 saturated carbocycles. The summed E-state index contributed by atoms with van der Waals surface area (Å²) in [5.74, 6) is 0.117. The summed E-state index contributed by atoms with van der Waals surface area (Å²) in [5, 5.41) is 14.0. The minimum atomic E-state index is -0.872. The first kappa shape index (κ1) is 13.7. The highest BCUT2D eigenvalue weighted by molar-refractivity contribution is 6.31. The lowest BCUT2D eigenvalue weighted by molar-refractivity contribution is 0.0897. The minimum Gasteiger partial charge on any atom is -0.467 e. The number of carbonyl (C=O) groups excluding carboxylic acids is 1. The molecule has 1 unspecified atom stereocenters. The summed E-state index contributed by atoms with van der Waals surface area (Å²) >= 11 is 5.91. The summed E-state index contributed by atoms with van der Waals surface area (Å²) < 4.78 is 5.07. The van der Waals surface area contributed by atoms with Gasteiger partial charge in [0.05, 0.1) is 12.8 Å². The molecule has 1 amide bonds. The molecule has 0 bridgehead atoms. The van der Waals surface area contributed by atoms with Crippen LogP contribution in [0.2, 0.25) is 5.02 Å². The number of aromatic amines is 1. The van der Waals surface area contributed by atoms with Crippen molar-refractivity contribution in [3.63, 3.8) is 0 Å². The van der Waals surface area contributed by atoms with E-state index in [4.69, 9.17) is 16.0 Å². The topological polar surface area (TPSA) is 78.3 Å². The first-order chi connectivity index (χ1) is 10.1. The summed E-state index contributed by atoms with van der Waals surface area (Å²) in [5.41, 5.74) is 1.25. The number of carbonyl (C=O) groups is 1. The van der Waals surface area contributed by atoms with Crippen LogP contribution in [0.1, 0.15) is 22.4 Å². The zero-order chi connectivity index (χ0) is 14.8. The number of nitrogens with one attached hydrogen (secondary N) is 2. The predicted molar refractivity (Wildman–Crippen MR) is 79.3 cm³/mol. The molecule has 0 saturated heterocycles. The van der Waals surface area contributed by atoms with Crippen LogP contribution < -0.4 is 5.32 Å². The molecule has 21 heavy (non-hydrogen) atoms. The third kappa shape index (κ3) is 2.94. The van der Waals surface area contributed by atoms with Crippen molar-refractivity contribution in [1.82, 2.24) is 10.3 Å². The molecule has 0 radical (unpaired) electrons. The minimum absolute atomic E-state index is 0.0719. The standard InChI is InChI=1S/C15H13ClN2O3/c16-10-3-4-11-9(6-10)7-12(18-11)15(20)17-8-13(19)14-2-1-5-21-14/h1-7,13,18-19H,8H2,(H,17,20). The van der Waals surface area contributed by atoms with Crippen molar-refractivity contribution in [1.29, 1.82) is 0 Å². The Morgan fingerprint density at radius 2 is 2.24 bits per heavy atom. The highest BCUT2D eigenvalue weighted by atomic mass is 35.5. The van der Waals surface area contributed by atoms with Gasteiger partial charge in [-0.25, -0.2) is 0 Å². The maximum Gasteiger partial charge on any atom is 0.267 e. The van der Waals surface area contributed by atoms with Crippen molar-refractivity contribution in [2.24, 2.45) is 0 Å². The van der Waals surface area contributed by atoms with Gasteiger partial charge in [-0.15, -0.1) is 0 Å². The Morgan fingerprint density at radius 3 is 3.00 bits per heavy atom. The van der Waals surface area contributed by atoms with Crippen molar-refractivity contribution in [3.05, 3.63) is 59.1 Å². The van der Waals surface area contributed by atoms with Crippen LogP contribution in [0.25, 0.3) is 10.9 Å². The van der Waals surface area contributed by atoms with E-state index in [0.29, 0.717) is 16.5 Å². The third-order valence-corrected chi connectivity index (χ3v) is 3.39. The van der Waals surface area contributed by atoms with Crippen molar-refractivity contribution in [2.75, 3.05) is 6.54 Å². The molecule has 0 aliphatic carbocycles. The van der Waals surface area contributed by atoms with E-state index >= 15 is 0 Å². The number of furan rings is 1. The Bertz CT molecular complexity index is 764. The smallest absolute Gasteiger partial charge is 0.267 e. The molecular formula is C15H13ClN2O3. The van der Waals surface area contributed by atoms with Gasteiger partial charge in [0.1, 0.15) is 17.6 Å². The average molecular weight is 305 g/mol. The summed E-state index contributed by atoms with van der Waals surface area (Å²) in [7, 11) is 0. The summed E-state index contributed by atoms with van der Waals surface area (Å²) in [6.07, 6.45) is 0.602. The van der Waals surface area contributed by atoms with Crippen LogP contribution in [0, 0.1) is 0 Å². The summed E-state index contributed by atoms with van der Waals surface area (Å²) in [6, 6.07) is 10.4. The number of aromatic nitrogens is 1. The van der Waals surface area contributed by atoms with Crippen LogP contribution in [0.15, 0.2) is 47.1 Å². The summed E-state index contributed by atoms with van der Waals surface area (Å²) in [4.78, 5) is 15.1. The Balaban J connectivity index is 1.69. The lowest BCUT2D eigenvalue weighted by Crippen LogP contribution is -2.28. The molecule has 1 aromatic carbocycles. The number of aliphatic hydroxyl groups excluding tert-OH is 1. The van der Waals surface area contributed by atoms with Crippen molar-refractivity contribution in [2.45, 2.75) is 6.10 Å². The van der Waals surface area contributed by atoms with E-state index in [9.17, 15) is 9.90 Å². The second-order valence-corrected chi connectivity index (χ2v) is 5.09. The largest absolute Gasteiger partial charge is 0.467 e. The molecule has 0 fully saturated rings. The second kappa shape index (κ2) is 5.63. The second-order valence-electron chi connectivity index (χ2n) is 4.66. The molecule has 2 aromatic heterocycles. The first-order valence-electron chi connectivity index (χ1n) is 6.41. The van der Waals surface area contributed by atoms with E-state index in [1.54, 1.807) is 30.3 Å². The Morgan fingerprint density at radius 1 is 1.38 bits per heavy atom. The van der Waals surface area contributed by atoms with Crippen LogP contribution >= 0.6 is 11.6 Å². The van der Waals surface area contributed by atoms with E-state index in [1.807, 2.05) is 6.07 Å². The highest BCUT2D eigenvalue weighted by Gasteiger charge is 2.14. The number of fused-ring (bicyclic) bond motifs is 1. The van der Waals surface area contributed by atoms with Crippen LogP contribution in [-0.4, -0.2) is 22.5 Å². The number of rotatable bonds is 4. The predicted octanol–water partition coefficient (Wildman–Crippen LogP) is 2.88. The number of benzene rings is 1. The molecule has 0 aliphatic rings. The van der Waals surface area contributed by atoms with Gasteiger partial charge < -0.3 is 19.8 Å². The molecule has 2 heterocycles. The van der Waals surface area contributed by atoms with Gasteiger partial charge in [0.2, 0.25) is 0 Å². The van der Waals surface area contributed by atoms with Crippen LogP contribution in [0.5, 0.6) is 0 Å². The van der Waals surface area contributed by atoms with Crippen LogP contribution in [-0.2, 0) is 0 Å². The van der Waals surface area contributed by atoms with E-state index < -0.39 is 6.10 Å². The zero-order valence-corrected chi connectivity index (χ0v) is 11.7. The fourth-order valence-corrected chi connectivity index (χ4v) is 2.27. The SMILES string of the molecule is O=C(NCC(O)c1ccco1)c1cc2cc(Cl)ccc2[nH]1. The van der Waals surface area contributed by atoms with Gasteiger partial charge in [-0.05, 0) is 36.4 Å². The molecule has 0 spiro atoms. The average Bonchev–Trinajstić information content (AvgIpc) is 3.12. The van der Waals surface area contributed by atoms with Gasteiger partial charge in [0.15, 0.2) is 0 Å². The molecule has 3 aromatic rings. The quantitative estimate of drug-likeness (QED) is 0.693. The molecule has 5 nitrogen and oxygen atoms in total. The van der Waals surface area contributed by atoms with Crippen molar-refractivity contribution >= 4 is 28.4 Å². The van der Waals surface area contributed by atoms with Crippen molar-refractivity contribution in [3.8, 4) is 0 Å². The van der Waals surface area contributed by atoms with Gasteiger partial charge >= 0.3 is 0 Å². The Hall–Kier alpha value is -2.24. The fraction of sp³-hybridized carbons (Fsp3) is 0.133.